The Morgan fingerprint density at radius 3 is 2.90 bits per heavy atom. The molecule has 2 rings (SSSR count). The van der Waals surface area contributed by atoms with Gasteiger partial charge in [-0.2, -0.15) is 0 Å². The topological polar surface area (TPSA) is 61.4 Å². The number of hydrogen-bond donors (Lipinski definition) is 2. The fourth-order valence-electron chi connectivity index (χ4n) is 2.37. The highest BCUT2D eigenvalue weighted by atomic mass is 32.2. The Kier molecular flexibility index (Phi) is 5.87. The number of likely N-dealkylation sites (N-methyl/N-ethyl adjacent to an activating group) is 1. The Balaban J connectivity index is 1.66. The highest BCUT2D eigenvalue weighted by Gasteiger charge is 2.26. The van der Waals surface area contributed by atoms with E-state index in [1.807, 2.05) is 6.08 Å². The third-order valence-corrected chi connectivity index (χ3v) is 4.95. The average molecular weight is 309 g/mol. The number of hydrogen-bond acceptors (Lipinski definition) is 5. The maximum absolute atomic E-state index is 11.8. The van der Waals surface area contributed by atoms with Crippen LogP contribution in [0.15, 0.2) is 22.8 Å². The lowest BCUT2D eigenvalue weighted by Crippen LogP contribution is -2.38. The van der Waals surface area contributed by atoms with Crippen molar-refractivity contribution in [3.8, 4) is 0 Å². The van der Waals surface area contributed by atoms with Crippen LogP contribution in [0.2, 0.25) is 0 Å². The van der Waals surface area contributed by atoms with E-state index in [1.54, 1.807) is 17.8 Å². The zero-order valence-electron chi connectivity index (χ0n) is 12.6. The van der Waals surface area contributed by atoms with Gasteiger partial charge in [0, 0.05) is 23.6 Å². The largest absolute Gasteiger partial charge is 0.372 e. The fraction of sp³-hybridized carbons (Fsp3) is 0.600. The van der Waals surface area contributed by atoms with Gasteiger partial charge in [0.05, 0.1) is 11.9 Å². The lowest BCUT2D eigenvalue weighted by Gasteiger charge is -2.18. The van der Waals surface area contributed by atoms with E-state index in [2.05, 4.69) is 29.4 Å². The Morgan fingerprint density at radius 1 is 1.43 bits per heavy atom. The lowest BCUT2D eigenvalue weighted by atomic mass is 10.1. The molecule has 1 aliphatic carbocycles. The fourth-order valence-corrected chi connectivity index (χ4v) is 3.61. The highest BCUT2D eigenvalue weighted by molar-refractivity contribution is 8.03. The van der Waals surface area contributed by atoms with Crippen molar-refractivity contribution >= 4 is 23.5 Å². The van der Waals surface area contributed by atoms with E-state index in [4.69, 9.17) is 0 Å². The molecule has 1 atom stereocenters. The molecule has 1 amide bonds. The third-order valence-electron chi connectivity index (χ3n) is 3.66. The minimum atomic E-state index is 0.0782. The summed E-state index contributed by atoms with van der Waals surface area (Å²) in [5, 5.41) is 6.60. The van der Waals surface area contributed by atoms with Gasteiger partial charge in [-0.3, -0.25) is 14.5 Å². The lowest BCUT2D eigenvalue weighted by molar-refractivity contribution is -0.122. The van der Waals surface area contributed by atoms with Crippen LogP contribution in [-0.2, 0) is 9.59 Å². The number of carbonyl (C=O) groups is 2. The minimum absolute atomic E-state index is 0.0782. The highest BCUT2D eigenvalue weighted by Crippen LogP contribution is 2.36. The normalized spacial score (nSPS) is 20.7. The van der Waals surface area contributed by atoms with Crippen LogP contribution in [0.3, 0.4) is 0 Å². The predicted molar refractivity (Wildman–Crippen MR) is 85.7 cm³/mol. The molecule has 0 fully saturated rings. The number of allylic oxidation sites excluding steroid dienone is 3. The van der Waals surface area contributed by atoms with E-state index in [-0.39, 0.29) is 17.1 Å². The van der Waals surface area contributed by atoms with Gasteiger partial charge in [-0.05, 0) is 31.7 Å². The van der Waals surface area contributed by atoms with Crippen molar-refractivity contribution in [3.05, 3.63) is 22.8 Å². The second-order valence-electron chi connectivity index (χ2n) is 5.16. The summed E-state index contributed by atoms with van der Waals surface area (Å²) in [5.74, 6) is 0.241. The SMILES string of the molecule is CCN(CC)CC(=O)NCCC1NC2=C(CC(=O)C=C2)S1. The van der Waals surface area contributed by atoms with Crippen LogP contribution in [-0.4, -0.2) is 48.1 Å². The zero-order chi connectivity index (χ0) is 15.2. The van der Waals surface area contributed by atoms with Crippen LogP contribution in [0.1, 0.15) is 26.7 Å². The molecule has 1 heterocycles. The maximum Gasteiger partial charge on any atom is 0.234 e. The van der Waals surface area contributed by atoms with Crippen molar-refractivity contribution in [2.24, 2.45) is 0 Å². The first-order valence-corrected chi connectivity index (χ1v) is 8.36. The smallest absolute Gasteiger partial charge is 0.234 e. The Hall–Kier alpha value is -1.27. The molecular formula is C15H23N3O2S. The van der Waals surface area contributed by atoms with Crippen LogP contribution in [0, 0.1) is 0 Å². The molecule has 21 heavy (non-hydrogen) atoms. The number of thioether (sulfide) groups is 1. The Labute approximate surface area is 130 Å². The third kappa shape index (κ3) is 4.61. The summed E-state index contributed by atoms with van der Waals surface area (Å²) in [7, 11) is 0. The van der Waals surface area contributed by atoms with Crippen molar-refractivity contribution in [1.82, 2.24) is 15.5 Å². The van der Waals surface area contributed by atoms with Gasteiger partial charge < -0.3 is 10.6 Å². The van der Waals surface area contributed by atoms with Crippen LogP contribution < -0.4 is 10.6 Å². The molecule has 116 valence electrons. The summed E-state index contributed by atoms with van der Waals surface area (Å²) in [6.07, 6.45) is 4.84. The van der Waals surface area contributed by atoms with E-state index in [0.29, 0.717) is 19.5 Å². The molecule has 0 saturated heterocycles. The molecule has 0 aromatic rings. The van der Waals surface area contributed by atoms with E-state index in [0.717, 1.165) is 30.1 Å². The van der Waals surface area contributed by atoms with Gasteiger partial charge in [-0.25, -0.2) is 0 Å². The number of carbonyl (C=O) groups excluding carboxylic acids is 2. The maximum atomic E-state index is 11.8. The van der Waals surface area contributed by atoms with E-state index < -0.39 is 0 Å². The number of nitrogens with one attached hydrogen (secondary N) is 2. The van der Waals surface area contributed by atoms with Crippen molar-refractivity contribution in [3.63, 3.8) is 0 Å². The van der Waals surface area contributed by atoms with Crippen LogP contribution >= 0.6 is 11.8 Å². The molecule has 2 aliphatic rings. The number of rotatable bonds is 7. The molecule has 0 radical (unpaired) electrons. The number of nitrogens with zero attached hydrogens (tertiary/aromatic N) is 1. The summed E-state index contributed by atoms with van der Waals surface area (Å²) < 4.78 is 0. The van der Waals surface area contributed by atoms with Gasteiger partial charge in [0.1, 0.15) is 0 Å². The molecule has 0 aromatic heterocycles. The molecule has 0 aromatic carbocycles. The molecular weight excluding hydrogens is 286 g/mol. The first-order valence-electron chi connectivity index (χ1n) is 7.48. The standard InChI is InChI=1S/C15H23N3O2S/c1-3-18(4-2)10-14(20)16-8-7-15-17-12-6-5-11(19)9-13(12)21-15/h5-6,15,17H,3-4,7-10H2,1-2H3,(H,16,20). The first kappa shape index (κ1) is 16.1. The summed E-state index contributed by atoms with van der Waals surface area (Å²) in [6.45, 7) is 7.01. The average Bonchev–Trinajstić information content (AvgIpc) is 2.86. The Bertz CT molecular complexity index is 470. The van der Waals surface area contributed by atoms with Gasteiger partial charge >= 0.3 is 0 Å². The molecule has 5 nitrogen and oxygen atoms in total. The van der Waals surface area contributed by atoms with Crippen molar-refractivity contribution in [2.75, 3.05) is 26.2 Å². The van der Waals surface area contributed by atoms with E-state index in [1.165, 1.54) is 0 Å². The van der Waals surface area contributed by atoms with Crippen LogP contribution in [0.25, 0.3) is 0 Å². The quantitative estimate of drug-likeness (QED) is 0.741. The van der Waals surface area contributed by atoms with Gasteiger partial charge in [-0.15, -0.1) is 11.8 Å². The van der Waals surface area contributed by atoms with Crippen molar-refractivity contribution in [2.45, 2.75) is 32.1 Å². The van der Waals surface area contributed by atoms with Gasteiger partial charge in [0.2, 0.25) is 5.91 Å². The van der Waals surface area contributed by atoms with Crippen molar-refractivity contribution < 1.29 is 9.59 Å². The first-order chi connectivity index (χ1) is 10.1. The van der Waals surface area contributed by atoms with Gasteiger partial charge in [0.15, 0.2) is 5.78 Å². The van der Waals surface area contributed by atoms with Gasteiger partial charge in [-0.1, -0.05) is 13.8 Å². The van der Waals surface area contributed by atoms with Crippen LogP contribution in [0.5, 0.6) is 0 Å². The molecule has 2 N–H and O–H groups in total. The Morgan fingerprint density at radius 2 is 2.19 bits per heavy atom. The zero-order valence-corrected chi connectivity index (χ0v) is 13.5. The summed E-state index contributed by atoms with van der Waals surface area (Å²) >= 11 is 1.71. The predicted octanol–water partition coefficient (Wildman–Crippen LogP) is 1.24. The second kappa shape index (κ2) is 7.66. The van der Waals surface area contributed by atoms with Crippen LogP contribution in [0.4, 0.5) is 0 Å². The second-order valence-corrected chi connectivity index (χ2v) is 6.46. The van der Waals surface area contributed by atoms with E-state index in [9.17, 15) is 9.59 Å². The minimum Gasteiger partial charge on any atom is -0.372 e. The molecule has 1 aliphatic heterocycles. The van der Waals surface area contributed by atoms with Crippen molar-refractivity contribution in [1.29, 1.82) is 0 Å². The number of ketones is 1. The van der Waals surface area contributed by atoms with E-state index >= 15 is 0 Å². The molecule has 1 unspecified atom stereocenters. The van der Waals surface area contributed by atoms with Gasteiger partial charge in [0.25, 0.3) is 0 Å². The molecule has 0 bridgehead atoms. The monoisotopic (exact) mass is 309 g/mol. The molecule has 0 saturated carbocycles. The summed E-state index contributed by atoms with van der Waals surface area (Å²) in [5.41, 5.74) is 1.07. The molecule has 0 spiro atoms. The summed E-state index contributed by atoms with van der Waals surface area (Å²) in [6, 6.07) is 0. The summed E-state index contributed by atoms with van der Waals surface area (Å²) in [4.78, 5) is 26.4. The molecule has 6 heteroatoms. The number of amides is 1.